The molecule has 0 fully saturated rings. The summed E-state index contributed by atoms with van der Waals surface area (Å²) in [5.74, 6) is -0.503. The highest BCUT2D eigenvalue weighted by molar-refractivity contribution is 6.13. The molecule has 2 aromatic carbocycles. The average Bonchev–Trinajstić information content (AvgIpc) is 2.80. The van der Waals surface area contributed by atoms with Gasteiger partial charge < -0.3 is 9.88 Å². The summed E-state index contributed by atoms with van der Waals surface area (Å²) in [5.41, 5.74) is 2.92. The van der Waals surface area contributed by atoms with Gasteiger partial charge >= 0.3 is 0 Å². The van der Waals surface area contributed by atoms with Crippen molar-refractivity contribution < 1.29 is 9.18 Å². The fourth-order valence-corrected chi connectivity index (χ4v) is 2.48. The molecular formula is C17H15FN2O. The van der Waals surface area contributed by atoms with E-state index in [1.165, 1.54) is 12.1 Å². The van der Waals surface area contributed by atoms with E-state index in [2.05, 4.69) is 5.32 Å². The van der Waals surface area contributed by atoms with Crippen LogP contribution in [0.15, 0.2) is 48.7 Å². The summed E-state index contributed by atoms with van der Waals surface area (Å²) < 4.78 is 15.0. The number of carbonyl (C=O) groups excluding carboxylic acids is 1. The number of halogens is 1. The molecule has 3 aromatic rings. The molecule has 0 bridgehead atoms. The molecule has 1 amide bonds. The second-order valence-electron chi connectivity index (χ2n) is 5.08. The summed E-state index contributed by atoms with van der Waals surface area (Å²) in [6, 6.07) is 12.0. The lowest BCUT2D eigenvalue weighted by atomic mass is 10.1. The first-order valence-corrected chi connectivity index (χ1v) is 6.68. The van der Waals surface area contributed by atoms with Crippen LogP contribution in [0.4, 0.5) is 10.1 Å². The molecule has 0 unspecified atom stereocenters. The maximum atomic E-state index is 13.1. The van der Waals surface area contributed by atoms with Crippen molar-refractivity contribution in [3.8, 4) is 0 Å². The number of benzene rings is 2. The van der Waals surface area contributed by atoms with E-state index >= 15 is 0 Å². The third-order valence-corrected chi connectivity index (χ3v) is 3.58. The van der Waals surface area contributed by atoms with Crippen LogP contribution < -0.4 is 5.32 Å². The second-order valence-corrected chi connectivity index (χ2v) is 5.08. The van der Waals surface area contributed by atoms with Crippen molar-refractivity contribution in [1.82, 2.24) is 4.57 Å². The zero-order chi connectivity index (χ0) is 15.0. The van der Waals surface area contributed by atoms with Crippen LogP contribution in [0.1, 0.15) is 15.9 Å². The van der Waals surface area contributed by atoms with Crippen molar-refractivity contribution >= 4 is 22.5 Å². The quantitative estimate of drug-likeness (QED) is 0.760. The Morgan fingerprint density at radius 3 is 2.71 bits per heavy atom. The monoisotopic (exact) mass is 282 g/mol. The summed E-state index contributed by atoms with van der Waals surface area (Å²) in [7, 11) is 1.91. The van der Waals surface area contributed by atoms with Gasteiger partial charge in [-0.05, 0) is 36.8 Å². The van der Waals surface area contributed by atoms with Gasteiger partial charge in [0.05, 0.1) is 5.56 Å². The number of amides is 1. The van der Waals surface area contributed by atoms with Crippen LogP contribution in [-0.4, -0.2) is 10.5 Å². The molecule has 0 aliphatic rings. The Balaban J connectivity index is 1.98. The molecule has 0 saturated heterocycles. The minimum Gasteiger partial charge on any atom is -0.350 e. The largest absolute Gasteiger partial charge is 0.350 e. The Morgan fingerprint density at radius 2 is 1.95 bits per heavy atom. The summed E-state index contributed by atoms with van der Waals surface area (Å²) >= 11 is 0. The molecule has 0 atom stereocenters. The third-order valence-electron chi connectivity index (χ3n) is 3.58. The number of hydrogen-bond donors (Lipinski definition) is 1. The minimum atomic E-state index is -0.310. The van der Waals surface area contributed by atoms with Gasteiger partial charge in [-0.1, -0.05) is 18.2 Å². The highest BCUT2D eigenvalue weighted by Gasteiger charge is 2.14. The minimum absolute atomic E-state index is 0.193. The number of anilines is 1. The van der Waals surface area contributed by atoms with E-state index in [4.69, 9.17) is 0 Å². The van der Waals surface area contributed by atoms with Gasteiger partial charge in [-0.3, -0.25) is 4.79 Å². The standard InChI is InChI=1S/C17H15FN2O/c1-11-9-12(18)7-8-15(11)19-17(21)14-10-20(2)16-6-4-3-5-13(14)16/h3-10H,1-2H3,(H,19,21). The van der Waals surface area contributed by atoms with Gasteiger partial charge in [0, 0.05) is 29.8 Å². The summed E-state index contributed by atoms with van der Waals surface area (Å²) in [5, 5.41) is 3.74. The van der Waals surface area contributed by atoms with Crippen LogP contribution in [-0.2, 0) is 7.05 Å². The van der Waals surface area contributed by atoms with Crippen molar-refractivity contribution in [2.75, 3.05) is 5.32 Å². The molecule has 4 heteroatoms. The number of nitrogens with zero attached hydrogens (tertiary/aromatic N) is 1. The van der Waals surface area contributed by atoms with Crippen molar-refractivity contribution in [2.45, 2.75) is 6.92 Å². The molecule has 1 heterocycles. The molecule has 0 radical (unpaired) electrons. The fourth-order valence-electron chi connectivity index (χ4n) is 2.48. The number of hydrogen-bond acceptors (Lipinski definition) is 1. The lowest BCUT2D eigenvalue weighted by molar-refractivity contribution is 0.102. The first kappa shape index (κ1) is 13.4. The molecule has 0 aliphatic heterocycles. The van der Waals surface area contributed by atoms with Gasteiger partial charge in [0.15, 0.2) is 0 Å². The molecule has 3 rings (SSSR count). The van der Waals surface area contributed by atoms with E-state index in [1.54, 1.807) is 19.2 Å². The number of para-hydroxylation sites is 1. The highest BCUT2D eigenvalue weighted by atomic mass is 19.1. The van der Waals surface area contributed by atoms with Gasteiger partial charge in [0.1, 0.15) is 5.82 Å². The van der Waals surface area contributed by atoms with Gasteiger partial charge in [-0.25, -0.2) is 4.39 Å². The van der Waals surface area contributed by atoms with E-state index in [1.807, 2.05) is 35.9 Å². The van der Waals surface area contributed by atoms with Crippen LogP contribution >= 0.6 is 0 Å². The van der Waals surface area contributed by atoms with Gasteiger partial charge in [0.2, 0.25) is 0 Å². The van der Waals surface area contributed by atoms with Gasteiger partial charge in [-0.2, -0.15) is 0 Å². The van der Waals surface area contributed by atoms with Crippen LogP contribution in [0.25, 0.3) is 10.9 Å². The van der Waals surface area contributed by atoms with Gasteiger partial charge in [0.25, 0.3) is 5.91 Å². The fraction of sp³-hybridized carbons (Fsp3) is 0.118. The predicted molar refractivity (Wildman–Crippen MR) is 82.0 cm³/mol. The maximum Gasteiger partial charge on any atom is 0.257 e. The molecule has 1 aromatic heterocycles. The number of aryl methyl sites for hydroxylation is 2. The first-order valence-electron chi connectivity index (χ1n) is 6.68. The lowest BCUT2D eigenvalue weighted by Crippen LogP contribution is -2.12. The molecule has 3 nitrogen and oxygen atoms in total. The van der Waals surface area contributed by atoms with Crippen molar-refractivity contribution in [1.29, 1.82) is 0 Å². The molecule has 1 N–H and O–H groups in total. The number of carbonyl (C=O) groups is 1. The maximum absolute atomic E-state index is 13.1. The molecule has 0 spiro atoms. The zero-order valence-corrected chi connectivity index (χ0v) is 11.9. The van der Waals surface area contributed by atoms with E-state index in [0.29, 0.717) is 16.8 Å². The Hall–Kier alpha value is -2.62. The number of nitrogens with one attached hydrogen (secondary N) is 1. The SMILES string of the molecule is Cc1cc(F)ccc1NC(=O)c1cn(C)c2ccccc12. The van der Waals surface area contributed by atoms with Crippen molar-refractivity contribution in [3.63, 3.8) is 0 Å². The van der Waals surface area contributed by atoms with Crippen molar-refractivity contribution in [2.24, 2.45) is 7.05 Å². The molecule has 106 valence electrons. The molecule has 0 saturated carbocycles. The van der Waals surface area contributed by atoms with Crippen LogP contribution in [0.3, 0.4) is 0 Å². The Labute approximate surface area is 122 Å². The van der Waals surface area contributed by atoms with Crippen LogP contribution in [0.5, 0.6) is 0 Å². The number of fused-ring (bicyclic) bond motifs is 1. The molecule has 21 heavy (non-hydrogen) atoms. The number of aromatic nitrogens is 1. The summed E-state index contributed by atoms with van der Waals surface area (Å²) in [6.07, 6.45) is 1.80. The Kier molecular flexibility index (Phi) is 3.22. The first-order chi connectivity index (χ1) is 10.1. The van der Waals surface area contributed by atoms with E-state index in [0.717, 1.165) is 10.9 Å². The van der Waals surface area contributed by atoms with Crippen molar-refractivity contribution in [3.05, 3.63) is 65.6 Å². The average molecular weight is 282 g/mol. The molecule has 0 aliphatic carbocycles. The second kappa shape index (κ2) is 5.05. The van der Waals surface area contributed by atoms with E-state index in [-0.39, 0.29) is 11.7 Å². The summed E-state index contributed by atoms with van der Waals surface area (Å²) in [4.78, 5) is 12.5. The summed E-state index contributed by atoms with van der Waals surface area (Å²) in [6.45, 7) is 1.77. The highest BCUT2D eigenvalue weighted by Crippen LogP contribution is 2.22. The topological polar surface area (TPSA) is 34.0 Å². The third kappa shape index (κ3) is 2.40. The predicted octanol–water partition coefficient (Wildman–Crippen LogP) is 3.88. The Morgan fingerprint density at radius 1 is 1.19 bits per heavy atom. The zero-order valence-electron chi connectivity index (χ0n) is 11.9. The Bertz CT molecular complexity index is 836. The molecular weight excluding hydrogens is 267 g/mol. The smallest absolute Gasteiger partial charge is 0.257 e. The van der Waals surface area contributed by atoms with E-state index in [9.17, 15) is 9.18 Å². The van der Waals surface area contributed by atoms with Crippen LogP contribution in [0, 0.1) is 12.7 Å². The normalized spacial score (nSPS) is 10.8. The van der Waals surface area contributed by atoms with Gasteiger partial charge in [-0.15, -0.1) is 0 Å². The van der Waals surface area contributed by atoms with E-state index < -0.39 is 0 Å². The number of rotatable bonds is 2. The lowest BCUT2D eigenvalue weighted by Gasteiger charge is -2.07. The van der Waals surface area contributed by atoms with Crippen LogP contribution in [0.2, 0.25) is 0 Å².